The summed E-state index contributed by atoms with van der Waals surface area (Å²) in [6, 6.07) is 4.08. The first kappa shape index (κ1) is 7.64. The monoisotopic (exact) mass is 169 g/mol. The molecule has 0 aliphatic rings. The number of thioether (sulfide) groups is 1. The van der Waals surface area contributed by atoms with Crippen molar-refractivity contribution < 1.29 is 0 Å². The summed E-state index contributed by atoms with van der Waals surface area (Å²) in [5.74, 6) is 0. The highest BCUT2D eigenvalue weighted by Crippen LogP contribution is 2.27. The van der Waals surface area contributed by atoms with Gasteiger partial charge in [-0.1, -0.05) is 0 Å². The number of thiophene rings is 1. The topological polar surface area (TPSA) is 23.8 Å². The van der Waals surface area contributed by atoms with Gasteiger partial charge in [-0.05, 0) is 19.2 Å². The molecule has 1 nitrogen and oxygen atoms in total. The minimum absolute atomic E-state index is 0.814. The molecule has 1 aromatic heterocycles. The zero-order valence-corrected chi connectivity index (χ0v) is 7.47. The highest BCUT2D eigenvalue weighted by Gasteiger charge is 2.01. The summed E-state index contributed by atoms with van der Waals surface area (Å²) in [7, 11) is 0. The standard InChI is InChI=1S/C7H7NS2/c1-5-6(4-8)3-7(9-2)10-5/h3H,1-2H3. The molecule has 0 saturated carbocycles. The van der Waals surface area contributed by atoms with Gasteiger partial charge in [0.05, 0.1) is 9.77 Å². The van der Waals surface area contributed by atoms with Crippen LogP contribution in [0, 0.1) is 18.3 Å². The van der Waals surface area contributed by atoms with Crippen LogP contribution in [0.25, 0.3) is 0 Å². The highest BCUT2D eigenvalue weighted by atomic mass is 32.2. The Kier molecular flexibility index (Phi) is 2.36. The molecule has 0 amide bonds. The predicted molar refractivity (Wildman–Crippen MR) is 45.6 cm³/mol. The molecule has 1 rings (SSSR count). The van der Waals surface area contributed by atoms with Gasteiger partial charge in [-0.2, -0.15) is 5.26 Å². The van der Waals surface area contributed by atoms with Crippen LogP contribution in [0.4, 0.5) is 0 Å². The fourth-order valence-corrected chi connectivity index (χ4v) is 2.30. The Labute approximate surface area is 68.7 Å². The van der Waals surface area contributed by atoms with Crippen molar-refractivity contribution in [3.63, 3.8) is 0 Å². The SMILES string of the molecule is CSc1cc(C#N)c(C)s1. The maximum atomic E-state index is 8.57. The van der Waals surface area contributed by atoms with Gasteiger partial charge >= 0.3 is 0 Å². The van der Waals surface area contributed by atoms with Gasteiger partial charge in [0.1, 0.15) is 6.07 Å². The first-order valence-corrected chi connectivity index (χ1v) is 4.86. The second-order valence-corrected chi connectivity index (χ2v) is 4.21. The first-order chi connectivity index (χ1) is 4.77. The van der Waals surface area contributed by atoms with Crippen LogP contribution in [0.3, 0.4) is 0 Å². The van der Waals surface area contributed by atoms with E-state index in [9.17, 15) is 0 Å². The lowest BCUT2D eigenvalue weighted by Gasteiger charge is -1.80. The third-order valence-electron chi connectivity index (χ3n) is 1.22. The van der Waals surface area contributed by atoms with Crippen molar-refractivity contribution in [1.82, 2.24) is 0 Å². The predicted octanol–water partition coefficient (Wildman–Crippen LogP) is 2.65. The van der Waals surface area contributed by atoms with Crippen LogP contribution in [0.5, 0.6) is 0 Å². The van der Waals surface area contributed by atoms with Gasteiger partial charge in [-0.25, -0.2) is 0 Å². The molecule has 0 aliphatic carbocycles. The van der Waals surface area contributed by atoms with Gasteiger partial charge in [0, 0.05) is 4.88 Å². The van der Waals surface area contributed by atoms with Gasteiger partial charge in [-0.3, -0.25) is 0 Å². The number of nitrogens with zero attached hydrogens (tertiary/aromatic N) is 1. The van der Waals surface area contributed by atoms with Crippen LogP contribution in [0.2, 0.25) is 0 Å². The fourth-order valence-electron chi connectivity index (χ4n) is 0.666. The highest BCUT2D eigenvalue weighted by molar-refractivity contribution is 8.00. The van der Waals surface area contributed by atoms with E-state index in [0.717, 1.165) is 10.4 Å². The molecule has 0 aromatic carbocycles. The van der Waals surface area contributed by atoms with Crippen LogP contribution in [-0.4, -0.2) is 6.26 Å². The lowest BCUT2D eigenvalue weighted by atomic mass is 10.3. The van der Waals surface area contributed by atoms with Crippen molar-refractivity contribution in [3.05, 3.63) is 16.5 Å². The number of aryl methyl sites for hydroxylation is 1. The van der Waals surface area contributed by atoms with Crippen LogP contribution in [0.1, 0.15) is 10.4 Å². The molecule has 0 spiro atoms. The lowest BCUT2D eigenvalue weighted by Crippen LogP contribution is -1.66. The Morgan fingerprint density at radius 2 is 2.40 bits per heavy atom. The molecule has 0 bridgehead atoms. The van der Waals surface area contributed by atoms with Crippen molar-refractivity contribution in [2.75, 3.05) is 6.26 Å². The Balaban J connectivity index is 3.07. The second kappa shape index (κ2) is 3.09. The maximum absolute atomic E-state index is 8.57. The molecule has 0 radical (unpaired) electrons. The van der Waals surface area contributed by atoms with Gasteiger partial charge in [-0.15, -0.1) is 23.1 Å². The van der Waals surface area contributed by atoms with Gasteiger partial charge in [0.15, 0.2) is 0 Å². The van der Waals surface area contributed by atoms with Crippen molar-refractivity contribution in [3.8, 4) is 6.07 Å². The fraction of sp³-hybridized carbons (Fsp3) is 0.286. The number of hydrogen-bond donors (Lipinski definition) is 0. The molecule has 0 aliphatic heterocycles. The summed E-state index contributed by atoms with van der Waals surface area (Å²) in [6.07, 6.45) is 2.02. The van der Waals surface area contributed by atoms with E-state index in [4.69, 9.17) is 5.26 Å². The lowest BCUT2D eigenvalue weighted by molar-refractivity contribution is 1.46. The summed E-state index contributed by atoms with van der Waals surface area (Å²) in [5, 5.41) is 8.57. The Bertz CT molecular complexity index is 270. The van der Waals surface area contributed by atoms with Gasteiger partial charge in [0.2, 0.25) is 0 Å². The summed E-state index contributed by atoms with van der Waals surface area (Å²) >= 11 is 3.37. The quantitative estimate of drug-likeness (QED) is 0.603. The Morgan fingerprint density at radius 1 is 1.70 bits per heavy atom. The van der Waals surface area contributed by atoms with Crippen LogP contribution in [0.15, 0.2) is 10.3 Å². The van der Waals surface area contributed by atoms with Crippen molar-refractivity contribution in [2.24, 2.45) is 0 Å². The second-order valence-electron chi connectivity index (χ2n) is 1.85. The molecule has 0 unspecified atom stereocenters. The molecular formula is C7H7NS2. The summed E-state index contributed by atoms with van der Waals surface area (Å²) in [6.45, 7) is 1.98. The molecule has 0 atom stereocenters. The minimum Gasteiger partial charge on any atom is -0.192 e. The molecule has 1 heterocycles. The normalized spacial score (nSPS) is 9.30. The molecule has 0 fully saturated rings. The molecule has 10 heavy (non-hydrogen) atoms. The van der Waals surface area contributed by atoms with E-state index in [-0.39, 0.29) is 0 Å². The zero-order chi connectivity index (χ0) is 7.56. The Morgan fingerprint density at radius 3 is 2.70 bits per heavy atom. The van der Waals surface area contributed by atoms with Gasteiger partial charge < -0.3 is 0 Å². The minimum atomic E-state index is 0.814. The van der Waals surface area contributed by atoms with Crippen LogP contribution >= 0.6 is 23.1 Å². The van der Waals surface area contributed by atoms with Gasteiger partial charge in [0.25, 0.3) is 0 Å². The van der Waals surface area contributed by atoms with Crippen molar-refractivity contribution in [2.45, 2.75) is 11.1 Å². The number of rotatable bonds is 1. The number of nitriles is 1. The van der Waals surface area contributed by atoms with Crippen molar-refractivity contribution >= 4 is 23.1 Å². The average Bonchev–Trinajstić information content (AvgIpc) is 2.30. The summed E-state index contributed by atoms with van der Waals surface area (Å²) in [4.78, 5) is 1.12. The zero-order valence-electron chi connectivity index (χ0n) is 5.84. The van der Waals surface area contributed by atoms with E-state index < -0.39 is 0 Å². The summed E-state index contributed by atoms with van der Waals surface area (Å²) < 4.78 is 1.22. The van der Waals surface area contributed by atoms with E-state index in [2.05, 4.69) is 6.07 Å². The summed E-state index contributed by atoms with van der Waals surface area (Å²) in [5.41, 5.74) is 0.814. The third-order valence-corrected chi connectivity index (χ3v) is 3.33. The van der Waals surface area contributed by atoms with Crippen LogP contribution in [-0.2, 0) is 0 Å². The number of hydrogen-bond acceptors (Lipinski definition) is 3. The molecule has 0 N–H and O–H groups in total. The van der Waals surface area contributed by atoms with E-state index >= 15 is 0 Å². The maximum Gasteiger partial charge on any atom is 0.100 e. The van der Waals surface area contributed by atoms with E-state index in [1.54, 1.807) is 23.1 Å². The first-order valence-electron chi connectivity index (χ1n) is 2.82. The Hall–Kier alpha value is -0.460. The van der Waals surface area contributed by atoms with E-state index in [1.165, 1.54) is 4.21 Å². The largest absolute Gasteiger partial charge is 0.192 e. The van der Waals surface area contributed by atoms with Crippen LogP contribution < -0.4 is 0 Å². The third kappa shape index (κ3) is 1.34. The van der Waals surface area contributed by atoms with Crippen molar-refractivity contribution in [1.29, 1.82) is 5.26 Å². The van der Waals surface area contributed by atoms with E-state index in [1.807, 2.05) is 19.2 Å². The molecular weight excluding hydrogens is 162 g/mol. The average molecular weight is 169 g/mol. The smallest absolute Gasteiger partial charge is 0.100 e. The molecule has 0 saturated heterocycles. The van der Waals surface area contributed by atoms with E-state index in [0.29, 0.717) is 0 Å². The molecule has 52 valence electrons. The molecule has 3 heteroatoms. The molecule has 1 aromatic rings.